The number of hydrogen-bond donors (Lipinski definition) is 2. The molecular formula is C15H15FN2O2. The van der Waals surface area contributed by atoms with Gasteiger partial charge in [0, 0.05) is 24.3 Å². The highest BCUT2D eigenvalue weighted by Gasteiger charge is 2.10. The molecule has 0 bridgehead atoms. The summed E-state index contributed by atoms with van der Waals surface area (Å²) in [6.45, 7) is 2.30. The highest BCUT2D eigenvalue weighted by Crippen LogP contribution is 2.16. The van der Waals surface area contributed by atoms with E-state index < -0.39 is 5.97 Å². The number of benzene rings is 1. The number of nitrogens with one attached hydrogen (secondary N) is 1. The lowest BCUT2D eigenvalue weighted by atomic mass is 10.1. The second kappa shape index (κ2) is 6.25. The van der Waals surface area contributed by atoms with Gasteiger partial charge < -0.3 is 10.4 Å². The summed E-state index contributed by atoms with van der Waals surface area (Å²) in [5.41, 5.74) is 1.45. The number of pyridine rings is 1. The number of carboxylic acid groups (broad SMARTS) is 1. The maximum atomic E-state index is 13.6. The van der Waals surface area contributed by atoms with E-state index in [1.54, 1.807) is 24.3 Å². The molecule has 0 aliphatic heterocycles. The molecule has 104 valence electrons. The number of halogens is 1. The molecule has 0 radical (unpaired) electrons. The molecule has 2 rings (SSSR count). The van der Waals surface area contributed by atoms with Gasteiger partial charge in [-0.3, -0.25) is 4.98 Å². The topological polar surface area (TPSA) is 62.2 Å². The lowest BCUT2D eigenvalue weighted by Gasteiger charge is -2.14. The average Bonchev–Trinajstić information content (AvgIpc) is 2.45. The Morgan fingerprint density at radius 2 is 2.10 bits per heavy atom. The summed E-state index contributed by atoms with van der Waals surface area (Å²) in [5.74, 6) is -1.25. The number of nitrogens with zero attached hydrogens (tertiary/aromatic N) is 1. The Morgan fingerprint density at radius 1 is 1.35 bits per heavy atom. The van der Waals surface area contributed by atoms with Crippen LogP contribution in [-0.2, 0) is 6.54 Å². The van der Waals surface area contributed by atoms with Crippen molar-refractivity contribution in [3.63, 3.8) is 0 Å². The summed E-state index contributed by atoms with van der Waals surface area (Å²) in [7, 11) is 0. The molecule has 2 aromatic rings. The van der Waals surface area contributed by atoms with Crippen LogP contribution in [-0.4, -0.2) is 16.1 Å². The second-order valence-electron chi connectivity index (χ2n) is 4.47. The zero-order chi connectivity index (χ0) is 14.5. The number of aromatic nitrogens is 1. The van der Waals surface area contributed by atoms with Gasteiger partial charge in [0.2, 0.25) is 0 Å². The zero-order valence-corrected chi connectivity index (χ0v) is 11.0. The Bertz CT molecular complexity index is 599. The Morgan fingerprint density at radius 3 is 2.70 bits per heavy atom. The lowest BCUT2D eigenvalue weighted by molar-refractivity contribution is 0.0696. The minimum atomic E-state index is -1.00. The molecule has 0 fully saturated rings. The summed E-state index contributed by atoms with van der Waals surface area (Å²) in [6, 6.07) is 9.58. The summed E-state index contributed by atoms with van der Waals surface area (Å²) in [4.78, 5) is 14.8. The van der Waals surface area contributed by atoms with E-state index in [1.165, 1.54) is 18.3 Å². The minimum absolute atomic E-state index is 0.149. The second-order valence-corrected chi connectivity index (χ2v) is 4.47. The normalized spacial score (nSPS) is 12.1. The fourth-order valence-electron chi connectivity index (χ4n) is 1.85. The molecule has 0 aliphatic rings. The fourth-order valence-corrected chi connectivity index (χ4v) is 1.85. The largest absolute Gasteiger partial charge is 0.478 e. The molecule has 0 aliphatic carbocycles. The summed E-state index contributed by atoms with van der Waals surface area (Å²) in [5, 5.41) is 11.9. The van der Waals surface area contributed by atoms with Crippen molar-refractivity contribution in [2.24, 2.45) is 0 Å². The molecule has 4 nitrogen and oxygen atoms in total. The van der Waals surface area contributed by atoms with E-state index in [1.807, 2.05) is 6.92 Å². The van der Waals surface area contributed by atoms with Crippen LogP contribution in [0, 0.1) is 5.82 Å². The molecule has 20 heavy (non-hydrogen) atoms. The Kier molecular flexibility index (Phi) is 4.42. The van der Waals surface area contributed by atoms with Crippen LogP contribution in [0.4, 0.5) is 4.39 Å². The first-order valence-electron chi connectivity index (χ1n) is 6.24. The molecule has 5 heteroatoms. The molecular weight excluding hydrogens is 259 g/mol. The van der Waals surface area contributed by atoms with Crippen LogP contribution in [0.25, 0.3) is 0 Å². The van der Waals surface area contributed by atoms with E-state index >= 15 is 0 Å². The quantitative estimate of drug-likeness (QED) is 0.880. The molecule has 0 spiro atoms. The van der Waals surface area contributed by atoms with Crippen molar-refractivity contribution in [2.75, 3.05) is 0 Å². The average molecular weight is 274 g/mol. The standard InChI is InChI=1S/C15H15FN2O2/c1-10(13-4-2-3-5-14(13)16)17-9-12-7-6-11(8-18-12)15(19)20/h2-8,10,17H,9H2,1H3,(H,19,20)/t10-/m1/s1. The van der Waals surface area contributed by atoms with E-state index in [0.717, 1.165) is 0 Å². The first-order valence-corrected chi connectivity index (χ1v) is 6.24. The van der Waals surface area contributed by atoms with E-state index in [9.17, 15) is 9.18 Å². The van der Waals surface area contributed by atoms with Crippen molar-refractivity contribution < 1.29 is 14.3 Å². The van der Waals surface area contributed by atoms with E-state index in [-0.39, 0.29) is 17.4 Å². The summed E-state index contributed by atoms with van der Waals surface area (Å²) >= 11 is 0. The van der Waals surface area contributed by atoms with Crippen LogP contribution < -0.4 is 5.32 Å². The Hall–Kier alpha value is -2.27. The molecule has 1 aromatic heterocycles. The summed E-state index contributed by atoms with van der Waals surface area (Å²) in [6.07, 6.45) is 1.31. The van der Waals surface area contributed by atoms with Gasteiger partial charge in [0.05, 0.1) is 11.3 Å². The first-order chi connectivity index (χ1) is 9.58. The first kappa shape index (κ1) is 14.1. The third-order valence-corrected chi connectivity index (χ3v) is 3.03. The Balaban J connectivity index is 1.98. The van der Waals surface area contributed by atoms with Crippen molar-refractivity contribution in [2.45, 2.75) is 19.5 Å². The SMILES string of the molecule is C[C@@H](NCc1ccc(C(=O)O)cn1)c1ccccc1F. The molecule has 1 atom stereocenters. The van der Waals surface area contributed by atoms with Crippen LogP contribution in [0.5, 0.6) is 0 Å². The van der Waals surface area contributed by atoms with E-state index in [4.69, 9.17) is 5.11 Å². The van der Waals surface area contributed by atoms with Gasteiger partial charge in [-0.25, -0.2) is 9.18 Å². The number of hydrogen-bond acceptors (Lipinski definition) is 3. The highest BCUT2D eigenvalue weighted by atomic mass is 19.1. The zero-order valence-electron chi connectivity index (χ0n) is 11.0. The molecule has 1 aromatic carbocycles. The van der Waals surface area contributed by atoms with E-state index in [0.29, 0.717) is 17.8 Å². The van der Waals surface area contributed by atoms with Gasteiger partial charge >= 0.3 is 5.97 Å². The molecule has 0 saturated heterocycles. The van der Waals surface area contributed by atoms with Gasteiger partial charge in [-0.2, -0.15) is 0 Å². The van der Waals surface area contributed by atoms with Gasteiger partial charge in [0.25, 0.3) is 0 Å². The maximum Gasteiger partial charge on any atom is 0.337 e. The minimum Gasteiger partial charge on any atom is -0.478 e. The van der Waals surface area contributed by atoms with Crippen molar-refractivity contribution in [1.82, 2.24) is 10.3 Å². The van der Waals surface area contributed by atoms with Crippen molar-refractivity contribution in [3.05, 3.63) is 65.2 Å². The van der Waals surface area contributed by atoms with Gasteiger partial charge in [-0.1, -0.05) is 18.2 Å². The molecule has 0 saturated carbocycles. The predicted molar refractivity (Wildman–Crippen MR) is 72.9 cm³/mol. The highest BCUT2D eigenvalue weighted by molar-refractivity contribution is 5.87. The van der Waals surface area contributed by atoms with Crippen LogP contribution >= 0.6 is 0 Å². The van der Waals surface area contributed by atoms with Crippen LogP contribution in [0.3, 0.4) is 0 Å². The number of rotatable bonds is 5. The van der Waals surface area contributed by atoms with Gasteiger partial charge in [0.1, 0.15) is 5.82 Å². The smallest absolute Gasteiger partial charge is 0.337 e. The fraction of sp³-hybridized carbons (Fsp3) is 0.200. The van der Waals surface area contributed by atoms with Crippen molar-refractivity contribution >= 4 is 5.97 Å². The van der Waals surface area contributed by atoms with E-state index in [2.05, 4.69) is 10.3 Å². The van der Waals surface area contributed by atoms with Gasteiger partial charge in [-0.05, 0) is 25.1 Å². The third kappa shape index (κ3) is 3.39. The molecule has 0 amide bonds. The van der Waals surface area contributed by atoms with Crippen LogP contribution in [0.1, 0.15) is 34.6 Å². The van der Waals surface area contributed by atoms with Crippen molar-refractivity contribution in [3.8, 4) is 0 Å². The Labute approximate surface area is 116 Å². The van der Waals surface area contributed by atoms with Gasteiger partial charge in [0.15, 0.2) is 0 Å². The third-order valence-electron chi connectivity index (χ3n) is 3.03. The molecule has 2 N–H and O–H groups in total. The number of carbonyl (C=O) groups is 1. The van der Waals surface area contributed by atoms with Gasteiger partial charge in [-0.15, -0.1) is 0 Å². The van der Waals surface area contributed by atoms with Crippen molar-refractivity contribution in [1.29, 1.82) is 0 Å². The number of carboxylic acids is 1. The molecule has 1 heterocycles. The predicted octanol–water partition coefficient (Wildman–Crippen LogP) is 2.77. The summed E-state index contributed by atoms with van der Waals surface area (Å²) < 4.78 is 13.6. The molecule has 0 unspecified atom stereocenters. The number of aromatic carboxylic acids is 1. The van der Waals surface area contributed by atoms with Crippen LogP contribution in [0.15, 0.2) is 42.6 Å². The maximum absolute atomic E-state index is 13.6. The monoisotopic (exact) mass is 274 g/mol. The van der Waals surface area contributed by atoms with Crippen LogP contribution in [0.2, 0.25) is 0 Å². The lowest BCUT2D eigenvalue weighted by Crippen LogP contribution is -2.19.